The fourth-order valence-electron chi connectivity index (χ4n) is 4.67. The Hall–Kier alpha value is -3.38. The van der Waals surface area contributed by atoms with E-state index in [4.69, 9.17) is 9.72 Å². The average Bonchev–Trinajstić information content (AvgIpc) is 3.26. The Bertz CT molecular complexity index is 1530. The number of fused-ring (bicyclic) bond motifs is 1. The van der Waals surface area contributed by atoms with Crippen molar-refractivity contribution in [3.05, 3.63) is 88.7 Å². The molecule has 0 bridgehead atoms. The fourth-order valence-corrected chi connectivity index (χ4v) is 6.80. The monoisotopic (exact) mass is 530 g/mol. The minimum atomic E-state index is -3.98. The molecule has 0 saturated heterocycles. The lowest BCUT2D eigenvalue weighted by atomic mass is 9.89. The van der Waals surface area contributed by atoms with Crippen molar-refractivity contribution in [1.29, 1.82) is 0 Å². The number of hydrogen-bond donors (Lipinski definition) is 0. The van der Waals surface area contributed by atoms with E-state index in [9.17, 15) is 8.42 Å². The second-order valence-electron chi connectivity index (χ2n) is 10.6. The molecule has 0 aliphatic rings. The molecule has 5 nitrogen and oxygen atoms in total. The quantitative estimate of drug-likeness (QED) is 0.219. The highest BCUT2D eigenvalue weighted by molar-refractivity contribution is 7.90. The zero-order valence-electron chi connectivity index (χ0n) is 23.4. The lowest BCUT2D eigenvalue weighted by Crippen LogP contribution is -2.20. The summed E-state index contributed by atoms with van der Waals surface area (Å²) in [4.78, 5) is 5.13. The third kappa shape index (κ3) is 5.41. The summed E-state index contributed by atoms with van der Waals surface area (Å²) in [6.45, 7) is 15.1. The molecule has 0 aliphatic carbocycles. The van der Waals surface area contributed by atoms with Crippen LogP contribution in [0.15, 0.2) is 65.6 Å². The smallest absolute Gasteiger partial charge is 0.270 e. The lowest BCUT2D eigenvalue weighted by Gasteiger charge is -2.23. The SMILES string of the molecule is CCOc1ccc(/C=C/c2nc3ccccc3n2S(=O)(=O)c2c(C(C)C)cc(C(C)C)cc2C(C)C)cc1. The van der Waals surface area contributed by atoms with Crippen LogP contribution in [0.1, 0.15) is 94.3 Å². The Balaban J connectivity index is 1.95. The van der Waals surface area contributed by atoms with E-state index in [1.54, 1.807) is 6.08 Å². The van der Waals surface area contributed by atoms with Crippen molar-refractivity contribution < 1.29 is 13.2 Å². The fraction of sp³-hybridized carbons (Fsp3) is 0.344. The molecule has 6 heteroatoms. The van der Waals surface area contributed by atoms with Crippen molar-refractivity contribution in [2.45, 2.75) is 71.1 Å². The number of benzene rings is 3. The highest BCUT2D eigenvalue weighted by Crippen LogP contribution is 2.37. The molecule has 0 amide bonds. The summed E-state index contributed by atoms with van der Waals surface area (Å²) in [6, 6.07) is 19.2. The molecule has 0 N–H and O–H groups in total. The molecule has 0 atom stereocenters. The lowest BCUT2D eigenvalue weighted by molar-refractivity contribution is 0.340. The van der Waals surface area contributed by atoms with Gasteiger partial charge in [-0.25, -0.2) is 17.4 Å². The van der Waals surface area contributed by atoms with Gasteiger partial charge in [-0.1, -0.05) is 84.0 Å². The van der Waals surface area contributed by atoms with Crippen LogP contribution in [0.5, 0.6) is 5.75 Å². The number of ether oxygens (including phenoxy) is 1. The molecule has 0 fully saturated rings. The molecule has 0 unspecified atom stereocenters. The summed E-state index contributed by atoms with van der Waals surface area (Å²) in [6.07, 6.45) is 3.66. The van der Waals surface area contributed by atoms with E-state index in [-0.39, 0.29) is 11.8 Å². The molecule has 0 aliphatic heterocycles. The number of hydrogen-bond acceptors (Lipinski definition) is 4. The van der Waals surface area contributed by atoms with Crippen molar-refractivity contribution in [3.63, 3.8) is 0 Å². The van der Waals surface area contributed by atoms with Gasteiger partial charge in [0.1, 0.15) is 11.6 Å². The zero-order chi connectivity index (χ0) is 27.6. The second kappa shape index (κ2) is 11.2. The van der Waals surface area contributed by atoms with Gasteiger partial charge in [0.15, 0.2) is 0 Å². The minimum Gasteiger partial charge on any atom is -0.494 e. The summed E-state index contributed by atoms with van der Waals surface area (Å²) >= 11 is 0. The second-order valence-corrected chi connectivity index (χ2v) is 12.3. The molecule has 200 valence electrons. The molecule has 0 spiro atoms. The Labute approximate surface area is 227 Å². The topological polar surface area (TPSA) is 61.2 Å². The van der Waals surface area contributed by atoms with E-state index in [2.05, 4.69) is 53.7 Å². The number of rotatable bonds is 9. The third-order valence-corrected chi connectivity index (χ3v) is 8.59. The molecule has 0 radical (unpaired) electrons. The van der Waals surface area contributed by atoms with Crippen LogP contribution >= 0.6 is 0 Å². The van der Waals surface area contributed by atoms with E-state index in [1.807, 2.05) is 61.5 Å². The predicted molar refractivity (Wildman–Crippen MR) is 158 cm³/mol. The van der Waals surface area contributed by atoms with Gasteiger partial charge in [-0.2, -0.15) is 0 Å². The van der Waals surface area contributed by atoms with Crippen LogP contribution in [0, 0.1) is 0 Å². The molecule has 4 rings (SSSR count). The summed E-state index contributed by atoms with van der Waals surface area (Å²) in [5.41, 5.74) is 4.98. The summed E-state index contributed by atoms with van der Waals surface area (Å²) in [5, 5.41) is 0. The van der Waals surface area contributed by atoms with E-state index in [1.165, 1.54) is 3.97 Å². The first-order valence-corrected chi connectivity index (χ1v) is 14.8. The van der Waals surface area contributed by atoms with Gasteiger partial charge in [0.2, 0.25) is 0 Å². The van der Waals surface area contributed by atoms with Crippen molar-refractivity contribution in [2.24, 2.45) is 0 Å². The standard InChI is InChI=1S/C32H38N2O3S/c1-8-37-26-16-13-24(14-17-26)15-18-31-33-29-11-9-10-12-30(29)34(31)38(35,36)32-27(22(4)5)19-25(21(2)3)20-28(32)23(6)7/h9-23H,8H2,1-7H3/b18-15+. The molecule has 38 heavy (non-hydrogen) atoms. The average molecular weight is 531 g/mol. The summed E-state index contributed by atoms with van der Waals surface area (Å²) < 4.78 is 36.3. The number of imidazole rings is 1. The summed E-state index contributed by atoms with van der Waals surface area (Å²) in [7, 11) is -3.98. The maximum absolute atomic E-state index is 14.7. The van der Waals surface area contributed by atoms with Crippen LogP contribution in [0.3, 0.4) is 0 Å². The maximum atomic E-state index is 14.7. The van der Waals surface area contributed by atoms with Crippen molar-refractivity contribution >= 4 is 33.2 Å². The maximum Gasteiger partial charge on any atom is 0.270 e. The zero-order valence-corrected chi connectivity index (χ0v) is 24.2. The molecule has 3 aromatic carbocycles. The molecule has 1 heterocycles. The highest BCUT2D eigenvalue weighted by Gasteiger charge is 2.31. The first-order valence-electron chi connectivity index (χ1n) is 13.4. The van der Waals surface area contributed by atoms with Crippen molar-refractivity contribution in [1.82, 2.24) is 8.96 Å². The predicted octanol–water partition coefficient (Wildman–Crippen LogP) is 8.21. The van der Waals surface area contributed by atoms with Gasteiger partial charge < -0.3 is 4.74 Å². The van der Waals surface area contributed by atoms with Crippen LogP contribution in [0.2, 0.25) is 0 Å². The Morgan fingerprint density at radius 1 is 0.842 bits per heavy atom. The van der Waals surface area contributed by atoms with Gasteiger partial charge in [-0.3, -0.25) is 0 Å². The molecular weight excluding hydrogens is 492 g/mol. The van der Waals surface area contributed by atoms with Crippen molar-refractivity contribution in [2.75, 3.05) is 6.61 Å². The summed E-state index contributed by atoms with van der Waals surface area (Å²) in [5.74, 6) is 1.54. The number of para-hydroxylation sites is 2. The molecule has 1 aromatic heterocycles. The van der Waals surface area contributed by atoms with Gasteiger partial charge in [-0.15, -0.1) is 0 Å². The Morgan fingerprint density at radius 2 is 1.45 bits per heavy atom. The van der Waals surface area contributed by atoms with Gasteiger partial charge >= 0.3 is 0 Å². The number of aromatic nitrogens is 2. The van der Waals surface area contributed by atoms with E-state index in [0.717, 1.165) is 28.0 Å². The normalized spacial score (nSPS) is 12.5. The molecule has 4 aromatic rings. The van der Waals surface area contributed by atoms with Gasteiger partial charge in [0, 0.05) is 0 Å². The van der Waals surface area contributed by atoms with Crippen LogP contribution in [-0.2, 0) is 10.0 Å². The van der Waals surface area contributed by atoms with E-state index < -0.39 is 10.0 Å². The highest BCUT2D eigenvalue weighted by atomic mass is 32.2. The van der Waals surface area contributed by atoms with Crippen LogP contribution in [-0.4, -0.2) is 24.0 Å². The van der Waals surface area contributed by atoms with Crippen LogP contribution in [0.25, 0.3) is 23.2 Å². The van der Waals surface area contributed by atoms with E-state index in [0.29, 0.717) is 34.3 Å². The molecular formula is C32H38N2O3S. The van der Waals surface area contributed by atoms with Gasteiger partial charge in [-0.05, 0) is 77.3 Å². The minimum absolute atomic E-state index is 0.0357. The van der Waals surface area contributed by atoms with Crippen LogP contribution in [0.4, 0.5) is 0 Å². The van der Waals surface area contributed by atoms with Crippen LogP contribution < -0.4 is 4.74 Å². The largest absolute Gasteiger partial charge is 0.494 e. The van der Waals surface area contributed by atoms with Gasteiger partial charge in [0.25, 0.3) is 10.0 Å². The van der Waals surface area contributed by atoms with Gasteiger partial charge in [0.05, 0.1) is 22.5 Å². The van der Waals surface area contributed by atoms with E-state index >= 15 is 0 Å². The third-order valence-electron chi connectivity index (χ3n) is 6.74. The first-order chi connectivity index (χ1) is 18.0. The number of nitrogens with zero attached hydrogens (tertiary/aromatic N) is 2. The Morgan fingerprint density at radius 3 is 2.00 bits per heavy atom. The first kappa shape index (κ1) is 27.6. The van der Waals surface area contributed by atoms with Crippen molar-refractivity contribution in [3.8, 4) is 5.75 Å². The molecule has 0 saturated carbocycles. The Kier molecular flexibility index (Phi) is 8.12.